The van der Waals surface area contributed by atoms with Gasteiger partial charge < -0.3 is 37.5 Å². The Morgan fingerprint density at radius 3 is 1.86 bits per heavy atom. The highest BCUT2D eigenvalue weighted by atomic mass is 32.3. The molecule has 2 atom stereocenters. The molecule has 5 heterocycles. The molecular formula is C42H37FN6O9S. The average molecular weight is 821 g/mol. The topological polar surface area (TPSA) is 163 Å². The van der Waals surface area contributed by atoms with E-state index in [9.17, 15) is 21.9 Å². The second kappa shape index (κ2) is 14.9. The number of aliphatic imine (C=N–C) groups is 2. The Morgan fingerprint density at radius 1 is 0.729 bits per heavy atom. The first-order valence-corrected chi connectivity index (χ1v) is 20.0. The smallest absolute Gasteiger partial charge is 0.488 e. The van der Waals surface area contributed by atoms with E-state index in [1.54, 1.807) is 58.9 Å². The number of imidazole rings is 1. The normalized spacial score (nSPS) is 17.7. The minimum Gasteiger partial charge on any atom is -0.493 e. The fourth-order valence-corrected chi connectivity index (χ4v) is 8.29. The zero-order valence-electron chi connectivity index (χ0n) is 32.1. The van der Waals surface area contributed by atoms with E-state index in [-0.39, 0.29) is 65.9 Å². The van der Waals surface area contributed by atoms with Crippen molar-refractivity contribution in [2.75, 3.05) is 14.2 Å². The summed E-state index contributed by atoms with van der Waals surface area (Å²) in [5.74, 6) is 0.338. The van der Waals surface area contributed by atoms with E-state index in [2.05, 4.69) is 25.2 Å². The van der Waals surface area contributed by atoms with Gasteiger partial charge in [-0.25, -0.2) is 4.98 Å². The summed E-state index contributed by atoms with van der Waals surface area (Å²) in [6.07, 6.45) is 6.45. The predicted molar refractivity (Wildman–Crippen MR) is 212 cm³/mol. The van der Waals surface area contributed by atoms with E-state index >= 15 is 0 Å². The first-order valence-electron chi connectivity index (χ1n) is 18.7. The molecule has 0 bridgehead atoms. The van der Waals surface area contributed by atoms with E-state index in [0.717, 1.165) is 17.0 Å². The molecule has 0 fully saturated rings. The average Bonchev–Trinajstić information content (AvgIpc) is 3.46. The van der Waals surface area contributed by atoms with E-state index in [1.165, 1.54) is 31.9 Å². The number of methoxy groups -OCH3 is 2. The lowest BCUT2D eigenvalue weighted by Crippen LogP contribution is -2.44. The van der Waals surface area contributed by atoms with E-state index in [1.807, 2.05) is 29.8 Å². The van der Waals surface area contributed by atoms with Gasteiger partial charge in [-0.05, 0) is 59.0 Å². The van der Waals surface area contributed by atoms with Crippen LogP contribution in [0.25, 0.3) is 0 Å². The Balaban J connectivity index is 0.957. The van der Waals surface area contributed by atoms with Crippen LogP contribution < -0.4 is 23.1 Å². The quantitative estimate of drug-likeness (QED) is 0.159. The zero-order valence-corrected chi connectivity index (χ0v) is 32.9. The van der Waals surface area contributed by atoms with Gasteiger partial charge in [-0.1, -0.05) is 28.2 Å². The first kappa shape index (κ1) is 37.8. The van der Waals surface area contributed by atoms with Gasteiger partial charge in [0.15, 0.2) is 23.0 Å². The molecule has 0 aliphatic carbocycles. The zero-order chi connectivity index (χ0) is 41.0. The molecule has 9 rings (SSSR count). The van der Waals surface area contributed by atoms with Crippen molar-refractivity contribution in [3.8, 4) is 28.7 Å². The van der Waals surface area contributed by atoms with Crippen LogP contribution >= 0.6 is 0 Å². The molecule has 17 heteroatoms. The van der Waals surface area contributed by atoms with E-state index in [4.69, 9.17) is 18.9 Å². The molecule has 0 saturated carbocycles. The van der Waals surface area contributed by atoms with Crippen molar-refractivity contribution >= 4 is 46.1 Å². The number of halogens is 1. The molecule has 302 valence electrons. The number of aromatic nitrogens is 2. The van der Waals surface area contributed by atoms with Crippen LogP contribution in [-0.4, -0.2) is 78.3 Å². The highest BCUT2D eigenvalue weighted by molar-refractivity contribution is 7.81. The Morgan fingerprint density at radius 2 is 1.29 bits per heavy atom. The lowest BCUT2D eigenvalue weighted by Gasteiger charge is -2.34. The van der Waals surface area contributed by atoms with Gasteiger partial charge in [0, 0.05) is 50.3 Å². The third-order valence-electron chi connectivity index (χ3n) is 10.9. The number of hydrogen-bond donors (Lipinski definition) is 0. The first-order chi connectivity index (χ1) is 28.4. The molecule has 0 radical (unpaired) electrons. The fourth-order valence-electron chi connectivity index (χ4n) is 7.97. The maximum Gasteiger partial charge on any atom is 0.488 e. The number of fused-ring (bicyclic) bond motifs is 6. The summed E-state index contributed by atoms with van der Waals surface area (Å²) < 4.78 is 67.1. The minimum atomic E-state index is -5.39. The Bertz CT molecular complexity index is 2720. The van der Waals surface area contributed by atoms with Gasteiger partial charge in [-0.2, -0.15) is 8.42 Å². The van der Waals surface area contributed by atoms with Crippen LogP contribution in [0.1, 0.15) is 54.4 Å². The largest absolute Gasteiger partial charge is 0.493 e. The highest BCUT2D eigenvalue weighted by Crippen LogP contribution is 2.41. The number of benzene rings is 4. The lowest BCUT2D eigenvalue weighted by atomic mass is 9.94. The number of carbonyl (C=O) groups excluding carboxylic acids is 2. The van der Waals surface area contributed by atoms with Crippen molar-refractivity contribution in [2.24, 2.45) is 17.0 Å². The standard InChI is InChI=1S/C42H37FN6O9S/c1-47-23-46-35-20-49-29(12-36(35)47)18-45-34-16-40(38(55-3)14-32(34)42(49)51)57-22-25-8-24(9-30(10-25)58-59(43,52)53)21-56-39-15-33-31(13-37(39)54-2)41(50)48-19-27-7-5-4-6-26(27)11-28(48)17-44-33/h4-10,13-18,23,28-29H,11-12,19-22H2,1-3H3/t28-,29-/m0/s1. The molecule has 0 unspecified atom stereocenters. The monoisotopic (exact) mass is 820 g/mol. The summed E-state index contributed by atoms with van der Waals surface area (Å²) >= 11 is 0. The molecule has 5 aromatic rings. The van der Waals surface area contributed by atoms with Gasteiger partial charge in [0.2, 0.25) is 0 Å². The predicted octanol–water partition coefficient (Wildman–Crippen LogP) is 5.75. The van der Waals surface area contributed by atoms with Gasteiger partial charge in [0.1, 0.15) is 19.0 Å². The van der Waals surface area contributed by atoms with Crippen LogP contribution in [0.2, 0.25) is 0 Å². The second-order valence-electron chi connectivity index (χ2n) is 14.6. The lowest BCUT2D eigenvalue weighted by molar-refractivity contribution is 0.0693. The van der Waals surface area contributed by atoms with Crippen molar-refractivity contribution in [3.05, 3.63) is 118 Å². The van der Waals surface area contributed by atoms with Crippen LogP contribution in [0.3, 0.4) is 0 Å². The number of amides is 2. The summed E-state index contributed by atoms with van der Waals surface area (Å²) in [4.78, 5) is 45.0. The van der Waals surface area contributed by atoms with Crippen molar-refractivity contribution < 1.29 is 45.0 Å². The molecule has 15 nitrogen and oxygen atoms in total. The minimum absolute atomic E-state index is 0.149. The molecule has 4 aliphatic heterocycles. The summed E-state index contributed by atoms with van der Waals surface area (Å²) in [5.41, 5.74) is 6.39. The third-order valence-corrected chi connectivity index (χ3v) is 11.3. The summed E-state index contributed by atoms with van der Waals surface area (Å²) in [7, 11) is -0.568. The molecule has 0 N–H and O–H groups in total. The Hall–Kier alpha value is -6.75. The Labute approximate surface area is 338 Å². The van der Waals surface area contributed by atoms with Crippen molar-refractivity contribution in [3.63, 3.8) is 0 Å². The fraction of sp³-hybridized carbons (Fsp3) is 0.262. The van der Waals surface area contributed by atoms with Crippen molar-refractivity contribution in [1.82, 2.24) is 19.4 Å². The molecular weight excluding hydrogens is 784 g/mol. The number of hydrogen-bond acceptors (Lipinski definition) is 12. The van der Waals surface area contributed by atoms with Crippen LogP contribution in [0, 0.1) is 0 Å². The molecule has 2 amide bonds. The molecule has 59 heavy (non-hydrogen) atoms. The van der Waals surface area contributed by atoms with Crippen molar-refractivity contribution in [1.29, 1.82) is 0 Å². The summed E-state index contributed by atoms with van der Waals surface area (Å²) in [6, 6.07) is 18.2. The maximum atomic E-state index is 13.8. The molecule has 1 aromatic heterocycles. The summed E-state index contributed by atoms with van der Waals surface area (Å²) in [5, 5.41) is 0. The van der Waals surface area contributed by atoms with Crippen molar-refractivity contribution in [2.45, 2.75) is 51.2 Å². The van der Waals surface area contributed by atoms with Gasteiger partial charge in [-0.3, -0.25) is 19.6 Å². The van der Waals surface area contributed by atoms with Gasteiger partial charge >= 0.3 is 10.5 Å². The third kappa shape index (κ3) is 7.33. The number of nitrogens with zero attached hydrogens (tertiary/aromatic N) is 6. The number of rotatable bonds is 10. The van der Waals surface area contributed by atoms with Crippen LogP contribution in [0.4, 0.5) is 15.3 Å². The number of carbonyl (C=O) groups is 2. The Kier molecular flexibility index (Phi) is 9.54. The number of aryl methyl sites for hydroxylation is 1. The van der Waals surface area contributed by atoms with Gasteiger partial charge in [0.05, 0.1) is 67.4 Å². The van der Waals surface area contributed by atoms with Gasteiger partial charge in [0.25, 0.3) is 11.8 Å². The van der Waals surface area contributed by atoms with E-state index < -0.39 is 10.5 Å². The van der Waals surface area contributed by atoms with E-state index in [0.29, 0.717) is 59.6 Å². The highest BCUT2D eigenvalue weighted by Gasteiger charge is 2.36. The summed E-state index contributed by atoms with van der Waals surface area (Å²) in [6.45, 7) is 0.486. The maximum absolute atomic E-state index is 13.8. The second-order valence-corrected chi connectivity index (χ2v) is 15.5. The van der Waals surface area contributed by atoms with Crippen LogP contribution in [-0.2, 0) is 56.7 Å². The number of ether oxygens (including phenoxy) is 4. The van der Waals surface area contributed by atoms with Crippen LogP contribution in [0.5, 0.6) is 28.7 Å². The van der Waals surface area contributed by atoms with Gasteiger partial charge in [-0.15, -0.1) is 0 Å². The van der Waals surface area contributed by atoms with Crippen LogP contribution in [0.15, 0.2) is 83.0 Å². The molecule has 4 aliphatic rings. The molecule has 0 saturated heterocycles. The molecule has 0 spiro atoms. The SMILES string of the molecule is COc1cc2c(cc1OCc1cc(COc3cc4c(cc3OC)C(=O)N3Cc5ncn(C)c5C[C@H]3C=N4)cc(OS(=O)(=O)F)c1)N=C[C@@H]1Cc3ccccc3CN1C2=O. The molecule has 4 aromatic carbocycles.